The summed E-state index contributed by atoms with van der Waals surface area (Å²) in [7, 11) is 0. The van der Waals surface area contributed by atoms with Gasteiger partial charge >= 0.3 is 0 Å². The number of hydrogen-bond donors (Lipinski definition) is 0. The molecule has 0 saturated heterocycles. The van der Waals surface area contributed by atoms with Crippen LogP contribution in [0, 0.1) is 0 Å². The Hall–Kier alpha value is -0.500. The van der Waals surface area contributed by atoms with Crippen molar-refractivity contribution in [3.05, 3.63) is 77.3 Å². The van der Waals surface area contributed by atoms with Gasteiger partial charge in [0.15, 0.2) is 0 Å². The first-order valence-electron chi connectivity index (χ1n) is 11.3. The molecule has 3 aromatic rings. The minimum Gasteiger partial charge on any atom is -0.118 e. The van der Waals surface area contributed by atoms with E-state index in [-0.39, 0.29) is 0 Å². The minimum atomic E-state index is 1.23. The Labute approximate surface area is 221 Å². The first-order chi connectivity index (χ1) is 16.2. The highest BCUT2D eigenvalue weighted by atomic mass is 32.2. The molecule has 33 heavy (non-hydrogen) atoms. The van der Waals surface area contributed by atoms with Crippen molar-refractivity contribution in [3.8, 4) is 0 Å². The molecule has 3 aromatic carbocycles. The molecule has 0 amide bonds. The summed E-state index contributed by atoms with van der Waals surface area (Å²) < 4.78 is 5.90. The van der Waals surface area contributed by atoms with E-state index in [4.69, 9.17) is 0 Å². The third kappa shape index (κ3) is 4.34. The second-order valence-electron chi connectivity index (χ2n) is 8.27. The smallest absolute Gasteiger partial charge is 0.0586 e. The summed E-state index contributed by atoms with van der Waals surface area (Å²) in [5.41, 5.74) is 0. The van der Waals surface area contributed by atoms with E-state index in [9.17, 15) is 0 Å². The summed E-state index contributed by atoms with van der Waals surface area (Å²) >= 11 is 12.1. The van der Waals surface area contributed by atoms with Crippen LogP contribution in [0.3, 0.4) is 0 Å². The Morgan fingerprint density at radius 2 is 0.879 bits per heavy atom. The van der Waals surface area contributed by atoms with Crippen LogP contribution >= 0.6 is 70.6 Å². The summed E-state index contributed by atoms with van der Waals surface area (Å²) in [6.07, 6.45) is 3.94. The van der Waals surface area contributed by atoms with Crippen LogP contribution in [0.5, 0.6) is 0 Å². The Balaban J connectivity index is 1.70. The maximum absolute atomic E-state index is 2.34. The average Bonchev–Trinajstić information content (AvgIpc) is 3.37. The van der Waals surface area contributed by atoms with Gasteiger partial charge in [-0.15, -0.1) is 23.5 Å². The van der Waals surface area contributed by atoms with Crippen molar-refractivity contribution in [2.45, 2.75) is 33.1 Å². The van der Waals surface area contributed by atoms with Crippen LogP contribution in [0.2, 0.25) is 0 Å². The summed E-state index contributed by atoms with van der Waals surface area (Å²) in [5.74, 6) is 2.45. The standard InChI is InChI=1S/C27H24S6/c1-16-24-28-14-8-3-9-15-29-25-17(2)31-27(33-25)23-20-12-6-4-10-18(20)22(26(30-16)32-24)19-11-5-7-13-21(19)23/h4-7,10-13H,3,8-9,14-15H2,1-2H3. The Morgan fingerprint density at radius 3 is 1.27 bits per heavy atom. The molecule has 0 fully saturated rings. The molecule has 0 unspecified atom stereocenters. The van der Waals surface area contributed by atoms with Crippen LogP contribution in [0.1, 0.15) is 33.1 Å². The predicted molar refractivity (Wildman–Crippen MR) is 162 cm³/mol. The molecule has 3 aliphatic heterocycles. The zero-order valence-electron chi connectivity index (χ0n) is 18.6. The quantitative estimate of drug-likeness (QED) is 0.259. The summed E-state index contributed by atoms with van der Waals surface area (Å²) in [6, 6.07) is 18.2. The third-order valence-electron chi connectivity index (χ3n) is 6.03. The molecule has 0 nitrogen and oxygen atoms in total. The molecule has 168 valence electrons. The van der Waals surface area contributed by atoms with Crippen molar-refractivity contribution in [2.75, 3.05) is 11.5 Å². The van der Waals surface area contributed by atoms with Crippen LogP contribution < -0.4 is 10.4 Å². The largest absolute Gasteiger partial charge is 0.118 e. The van der Waals surface area contributed by atoms with Crippen molar-refractivity contribution >= 4 is 101 Å². The van der Waals surface area contributed by atoms with E-state index in [1.54, 1.807) is 0 Å². The number of thioether (sulfide) groups is 6. The predicted octanol–water partition coefficient (Wildman–Crippen LogP) is 9.11. The fourth-order valence-corrected chi connectivity index (χ4v) is 13.0. The van der Waals surface area contributed by atoms with Crippen molar-refractivity contribution in [1.82, 2.24) is 0 Å². The summed E-state index contributed by atoms with van der Waals surface area (Å²) in [6.45, 7) is 4.61. The van der Waals surface area contributed by atoms with Crippen LogP contribution in [-0.4, -0.2) is 11.5 Å². The molecule has 0 radical (unpaired) electrons. The van der Waals surface area contributed by atoms with Gasteiger partial charge in [-0.2, -0.15) is 0 Å². The second-order valence-corrected chi connectivity index (χ2v) is 16.0. The molecule has 0 saturated carbocycles. The van der Waals surface area contributed by atoms with Gasteiger partial charge in [0.05, 0.1) is 16.9 Å². The highest BCUT2D eigenvalue weighted by molar-refractivity contribution is 8.42. The van der Waals surface area contributed by atoms with E-state index in [1.165, 1.54) is 89.5 Å². The summed E-state index contributed by atoms with van der Waals surface area (Å²) in [4.78, 5) is 2.93. The minimum absolute atomic E-state index is 1.23. The average molecular weight is 541 g/mol. The Morgan fingerprint density at radius 1 is 0.485 bits per heavy atom. The van der Waals surface area contributed by atoms with E-state index in [0.29, 0.717) is 0 Å². The van der Waals surface area contributed by atoms with Gasteiger partial charge in [-0.1, -0.05) is 102 Å². The monoisotopic (exact) mass is 540 g/mol. The molecular weight excluding hydrogens is 517 g/mol. The summed E-state index contributed by atoms with van der Waals surface area (Å²) in [5, 5.41) is 8.39. The Bertz CT molecular complexity index is 1290. The molecule has 3 heterocycles. The number of allylic oxidation sites excluding steroid dienone is 2. The van der Waals surface area contributed by atoms with E-state index in [0.717, 1.165) is 0 Å². The fourth-order valence-electron chi connectivity index (χ4n) is 4.46. The number of hydrogen-bond acceptors (Lipinski definition) is 6. The van der Waals surface area contributed by atoms with E-state index < -0.39 is 0 Å². The first-order valence-corrected chi connectivity index (χ1v) is 16.5. The van der Waals surface area contributed by atoms with Crippen LogP contribution in [0.25, 0.3) is 30.0 Å². The van der Waals surface area contributed by atoms with Gasteiger partial charge in [-0.05, 0) is 59.7 Å². The van der Waals surface area contributed by atoms with Gasteiger partial charge < -0.3 is 0 Å². The van der Waals surface area contributed by atoms with Gasteiger partial charge in [0.1, 0.15) is 0 Å². The van der Waals surface area contributed by atoms with Crippen LogP contribution in [-0.2, 0) is 0 Å². The van der Waals surface area contributed by atoms with Crippen LogP contribution in [0.15, 0.2) is 66.8 Å². The van der Waals surface area contributed by atoms with E-state index in [1.807, 2.05) is 47.0 Å². The second kappa shape index (κ2) is 9.87. The first kappa shape index (κ1) is 22.9. The van der Waals surface area contributed by atoms with Crippen molar-refractivity contribution in [1.29, 1.82) is 0 Å². The molecule has 6 rings (SSSR count). The normalized spacial score (nSPS) is 19.9. The van der Waals surface area contributed by atoms with E-state index in [2.05, 4.69) is 85.9 Å². The lowest BCUT2D eigenvalue weighted by Crippen LogP contribution is -2.16. The zero-order chi connectivity index (χ0) is 22.4. The van der Waals surface area contributed by atoms with Crippen molar-refractivity contribution in [2.24, 2.45) is 0 Å². The van der Waals surface area contributed by atoms with Gasteiger partial charge in [-0.3, -0.25) is 0 Å². The number of rotatable bonds is 0. The van der Waals surface area contributed by atoms with Gasteiger partial charge in [0.25, 0.3) is 0 Å². The lowest BCUT2D eigenvalue weighted by molar-refractivity contribution is 0.787. The maximum Gasteiger partial charge on any atom is 0.0586 e. The van der Waals surface area contributed by atoms with E-state index >= 15 is 0 Å². The molecule has 6 heteroatoms. The molecule has 3 aliphatic rings. The van der Waals surface area contributed by atoms with Crippen molar-refractivity contribution in [3.63, 3.8) is 0 Å². The number of fused-ring (bicyclic) bond motifs is 7. The van der Waals surface area contributed by atoms with Crippen LogP contribution in [0.4, 0.5) is 0 Å². The third-order valence-corrected chi connectivity index (χ3v) is 14.4. The Kier molecular flexibility index (Phi) is 6.86. The van der Waals surface area contributed by atoms with Crippen molar-refractivity contribution < 1.29 is 0 Å². The molecule has 0 aliphatic carbocycles. The molecule has 0 spiro atoms. The fraction of sp³-hybridized carbons (Fsp3) is 0.259. The highest BCUT2D eigenvalue weighted by Gasteiger charge is 2.24. The molecule has 6 bridgehead atoms. The lowest BCUT2D eigenvalue weighted by atomic mass is 9.99. The van der Waals surface area contributed by atoms with Gasteiger partial charge in [0, 0.05) is 20.2 Å². The topological polar surface area (TPSA) is 0 Å². The maximum atomic E-state index is 2.34. The van der Waals surface area contributed by atoms with Gasteiger partial charge in [0.2, 0.25) is 0 Å². The molecule has 0 atom stereocenters. The SMILES string of the molecule is CC1=C2SCCCCCSC3=C(C)SC(=c4c5ccccc5c(c5ccccc45)=C(S1)S2)S3. The molecule has 0 N–H and O–H groups in total. The molecule has 0 aromatic heterocycles. The zero-order valence-corrected chi connectivity index (χ0v) is 23.5. The van der Waals surface area contributed by atoms with Gasteiger partial charge in [-0.25, -0.2) is 0 Å². The lowest BCUT2D eigenvalue weighted by Gasteiger charge is -2.11. The highest BCUT2D eigenvalue weighted by Crippen LogP contribution is 2.55. The number of benzene rings is 3. The molecular formula is C27H24S6.